The van der Waals surface area contributed by atoms with E-state index in [9.17, 15) is 5.11 Å². The average Bonchev–Trinajstić information content (AvgIpc) is 2.31. The summed E-state index contributed by atoms with van der Waals surface area (Å²) >= 11 is 0. The van der Waals surface area contributed by atoms with Gasteiger partial charge in [0.05, 0.1) is 0 Å². The molecule has 0 aliphatic carbocycles. The topological polar surface area (TPSA) is 55.5 Å². The van der Waals surface area contributed by atoms with E-state index in [4.69, 9.17) is 10.7 Å². The summed E-state index contributed by atoms with van der Waals surface area (Å²) in [7, 11) is 0. The fourth-order valence-corrected chi connectivity index (χ4v) is 1.63. The summed E-state index contributed by atoms with van der Waals surface area (Å²) < 4.78 is 0. The maximum Gasteiger partial charge on any atom is 0.150 e. The second-order valence-corrected chi connectivity index (χ2v) is 3.57. The Bertz CT molecular complexity index is 469. The fraction of sp³-hybridized carbons (Fsp3) is 0.0769. The van der Waals surface area contributed by atoms with Crippen LogP contribution in [0.3, 0.4) is 0 Å². The molecule has 3 N–H and O–H groups in total. The molecule has 16 heavy (non-hydrogen) atoms. The summed E-state index contributed by atoms with van der Waals surface area (Å²) in [5, 5.41) is 9.41. The molecule has 2 aromatic carbocycles. The number of hydrogen-bond donors (Lipinski definition) is 2. The molecule has 3 heteroatoms. The summed E-state index contributed by atoms with van der Waals surface area (Å²) in [5.74, 6) is 5.97. The highest BCUT2D eigenvalue weighted by Crippen LogP contribution is 2.25. The molecule has 0 atom stereocenters. The normalized spacial score (nSPS) is 10.1. The lowest BCUT2D eigenvalue weighted by atomic mass is 10.0. The van der Waals surface area contributed by atoms with Gasteiger partial charge in [0.1, 0.15) is 5.75 Å². The predicted octanol–water partition coefficient (Wildman–Crippen LogP) is 2.24. The lowest BCUT2D eigenvalue weighted by Gasteiger charge is -2.08. The molecule has 82 valence electrons. The van der Waals surface area contributed by atoms with Crippen molar-refractivity contribution in [3.05, 3.63) is 59.7 Å². The molecule has 0 unspecified atom stereocenters. The van der Waals surface area contributed by atoms with Crippen LogP contribution in [0.4, 0.5) is 0 Å². The molecule has 0 saturated heterocycles. The van der Waals surface area contributed by atoms with Crippen molar-refractivity contribution in [2.24, 2.45) is 5.90 Å². The lowest BCUT2D eigenvalue weighted by molar-refractivity contribution is 0.330. The molecule has 0 aliphatic heterocycles. The standard InChI is InChI=1S/C13H13NO2/c14-16-13-7-6-12(15)9-11(13)8-10-4-2-1-3-5-10/h1-7,9,15H,8,14H2. The van der Waals surface area contributed by atoms with Gasteiger partial charge in [-0.15, -0.1) is 0 Å². The van der Waals surface area contributed by atoms with Crippen LogP contribution in [-0.4, -0.2) is 5.11 Å². The summed E-state index contributed by atoms with van der Waals surface area (Å²) in [4.78, 5) is 4.76. The van der Waals surface area contributed by atoms with Crippen molar-refractivity contribution in [1.82, 2.24) is 0 Å². The molecule has 3 nitrogen and oxygen atoms in total. The number of benzene rings is 2. The van der Waals surface area contributed by atoms with Gasteiger partial charge >= 0.3 is 0 Å². The quantitative estimate of drug-likeness (QED) is 0.772. The van der Waals surface area contributed by atoms with Crippen LogP contribution in [0, 0.1) is 0 Å². The van der Waals surface area contributed by atoms with Gasteiger partial charge in [0.15, 0.2) is 5.75 Å². The van der Waals surface area contributed by atoms with E-state index in [1.165, 1.54) is 0 Å². The van der Waals surface area contributed by atoms with Gasteiger partial charge in [-0.1, -0.05) is 30.3 Å². The van der Waals surface area contributed by atoms with Crippen molar-refractivity contribution >= 4 is 0 Å². The van der Waals surface area contributed by atoms with Crippen molar-refractivity contribution in [1.29, 1.82) is 0 Å². The summed E-state index contributed by atoms with van der Waals surface area (Å²) in [6.45, 7) is 0. The molecule has 0 bridgehead atoms. The highest BCUT2D eigenvalue weighted by molar-refractivity contribution is 5.42. The van der Waals surface area contributed by atoms with E-state index >= 15 is 0 Å². The minimum Gasteiger partial charge on any atom is -0.508 e. The van der Waals surface area contributed by atoms with Crippen molar-refractivity contribution in [2.45, 2.75) is 6.42 Å². The van der Waals surface area contributed by atoms with Crippen LogP contribution in [0.15, 0.2) is 48.5 Å². The Hall–Kier alpha value is -2.00. The summed E-state index contributed by atoms with van der Waals surface area (Å²) in [6, 6.07) is 14.8. The Balaban J connectivity index is 2.30. The maximum absolute atomic E-state index is 9.41. The lowest BCUT2D eigenvalue weighted by Crippen LogP contribution is -2.04. The maximum atomic E-state index is 9.41. The molecule has 0 amide bonds. The first-order valence-electron chi connectivity index (χ1n) is 5.02. The van der Waals surface area contributed by atoms with E-state index in [0.717, 1.165) is 11.1 Å². The SMILES string of the molecule is NOc1ccc(O)cc1Cc1ccccc1. The number of rotatable bonds is 3. The zero-order valence-corrected chi connectivity index (χ0v) is 8.76. The monoisotopic (exact) mass is 215 g/mol. The van der Waals surface area contributed by atoms with Crippen molar-refractivity contribution < 1.29 is 9.94 Å². The van der Waals surface area contributed by atoms with Gasteiger partial charge < -0.3 is 9.94 Å². The summed E-state index contributed by atoms with van der Waals surface area (Å²) in [6.07, 6.45) is 0.682. The van der Waals surface area contributed by atoms with Crippen molar-refractivity contribution in [3.63, 3.8) is 0 Å². The molecular formula is C13H13NO2. The zero-order chi connectivity index (χ0) is 11.4. The minimum atomic E-state index is 0.215. The smallest absolute Gasteiger partial charge is 0.150 e. The van der Waals surface area contributed by atoms with Gasteiger partial charge in [-0.3, -0.25) is 0 Å². The van der Waals surface area contributed by atoms with E-state index in [2.05, 4.69) is 0 Å². The van der Waals surface area contributed by atoms with Crippen LogP contribution in [0.25, 0.3) is 0 Å². The molecule has 0 radical (unpaired) electrons. The zero-order valence-electron chi connectivity index (χ0n) is 8.76. The number of phenols is 1. The Morgan fingerprint density at radius 3 is 2.50 bits per heavy atom. The van der Waals surface area contributed by atoms with Crippen molar-refractivity contribution in [2.75, 3.05) is 0 Å². The second kappa shape index (κ2) is 4.68. The van der Waals surface area contributed by atoms with Gasteiger partial charge in [0, 0.05) is 12.0 Å². The van der Waals surface area contributed by atoms with Gasteiger partial charge in [-0.25, -0.2) is 0 Å². The predicted molar refractivity (Wildman–Crippen MR) is 62.2 cm³/mol. The fourth-order valence-electron chi connectivity index (χ4n) is 1.63. The first-order chi connectivity index (χ1) is 7.79. The third kappa shape index (κ3) is 2.32. The largest absolute Gasteiger partial charge is 0.508 e. The van der Waals surface area contributed by atoms with Gasteiger partial charge in [-0.05, 0) is 23.8 Å². The number of hydrogen-bond acceptors (Lipinski definition) is 3. The molecular weight excluding hydrogens is 202 g/mol. The number of phenolic OH excluding ortho intramolecular Hbond substituents is 1. The Kier molecular flexibility index (Phi) is 3.08. The van der Waals surface area contributed by atoms with E-state index in [-0.39, 0.29) is 5.75 Å². The molecule has 0 spiro atoms. The van der Waals surface area contributed by atoms with Gasteiger partial charge in [-0.2, -0.15) is 5.90 Å². The van der Waals surface area contributed by atoms with Gasteiger partial charge in [0.25, 0.3) is 0 Å². The first-order valence-corrected chi connectivity index (χ1v) is 5.02. The highest BCUT2D eigenvalue weighted by atomic mass is 16.6. The number of aromatic hydroxyl groups is 1. The summed E-state index contributed by atoms with van der Waals surface area (Å²) in [5.41, 5.74) is 2.01. The average molecular weight is 215 g/mol. The van der Waals surface area contributed by atoms with Crippen LogP contribution < -0.4 is 10.7 Å². The van der Waals surface area contributed by atoms with Crippen molar-refractivity contribution in [3.8, 4) is 11.5 Å². The van der Waals surface area contributed by atoms with E-state index in [0.29, 0.717) is 12.2 Å². The molecule has 0 aliphatic rings. The van der Waals surface area contributed by atoms with E-state index in [1.54, 1.807) is 18.2 Å². The Morgan fingerprint density at radius 1 is 1.06 bits per heavy atom. The van der Waals surface area contributed by atoms with Crippen LogP contribution in [-0.2, 0) is 6.42 Å². The Morgan fingerprint density at radius 2 is 1.81 bits per heavy atom. The third-order valence-corrected chi connectivity index (χ3v) is 2.41. The van der Waals surface area contributed by atoms with E-state index < -0.39 is 0 Å². The van der Waals surface area contributed by atoms with Crippen LogP contribution in [0.2, 0.25) is 0 Å². The molecule has 0 fully saturated rings. The van der Waals surface area contributed by atoms with Crippen LogP contribution >= 0.6 is 0 Å². The molecule has 2 rings (SSSR count). The highest BCUT2D eigenvalue weighted by Gasteiger charge is 2.05. The third-order valence-electron chi connectivity index (χ3n) is 2.41. The molecule has 0 heterocycles. The second-order valence-electron chi connectivity index (χ2n) is 3.57. The van der Waals surface area contributed by atoms with Crippen LogP contribution in [0.5, 0.6) is 11.5 Å². The Labute approximate surface area is 94.1 Å². The number of nitrogens with two attached hydrogens (primary N) is 1. The molecule has 0 aromatic heterocycles. The van der Waals surface area contributed by atoms with Gasteiger partial charge in [0.2, 0.25) is 0 Å². The molecule has 2 aromatic rings. The molecule has 0 saturated carbocycles. The minimum absolute atomic E-state index is 0.215. The van der Waals surface area contributed by atoms with E-state index in [1.807, 2.05) is 30.3 Å². The first kappa shape index (κ1) is 10.5. The van der Waals surface area contributed by atoms with Crippen LogP contribution in [0.1, 0.15) is 11.1 Å².